The number of hydrogen-bond donors (Lipinski definition) is 2. The van der Waals surface area contributed by atoms with Crippen LogP contribution in [0.15, 0.2) is 47.4 Å². The lowest BCUT2D eigenvalue weighted by atomic mass is 10.2. The summed E-state index contributed by atoms with van der Waals surface area (Å²) in [5, 5.41) is 11.5. The number of amides is 1. The zero-order valence-corrected chi connectivity index (χ0v) is 11.8. The van der Waals surface area contributed by atoms with E-state index < -0.39 is 17.4 Å². The van der Waals surface area contributed by atoms with Gasteiger partial charge in [-0.2, -0.15) is 0 Å². The molecule has 0 aliphatic rings. The zero-order chi connectivity index (χ0) is 16.1. The second-order valence-corrected chi connectivity index (χ2v) is 4.44. The Hall–Kier alpha value is -3.09. The van der Waals surface area contributed by atoms with Crippen LogP contribution in [-0.4, -0.2) is 28.7 Å². The van der Waals surface area contributed by atoms with Gasteiger partial charge in [0, 0.05) is 12.3 Å². The lowest BCUT2D eigenvalue weighted by Crippen LogP contribution is -2.27. The molecule has 0 bridgehead atoms. The minimum absolute atomic E-state index is 0.0651. The number of carboxylic acids is 1. The van der Waals surface area contributed by atoms with Crippen LogP contribution in [-0.2, 0) is 11.3 Å². The minimum atomic E-state index is -1.17. The van der Waals surface area contributed by atoms with Crippen molar-refractivity contribution >= 4 is 17.6 Å². The molecular weight excluding hydrogens is 288 g/mol. The smallest absolute Gasteiger partial charge is 0.337 e. The fraction of sp³-hybridized carbons (Fsp3) is 0.133. The van der Waals surface area contributed by atoms with Crippen LogP contribution in [0.3, 0.4) is 0 Å². The van der Waals surface area contributed by atoms with E-state index in [1.165, 1.54) is 13.2 Å². The van der Waals surface area contributed by atoms with Gasteiger partial charge < -0.3 is 19.7 Å². The van der Waals surface area contributed by atoms with Gasteiger partial charge in [-0.25, -0.2) is 4.79 Å². The Labute approximate surface area is 125 Å². The maximum Gasteiger partial charge on any atom is 0.337 e. The predicted molar refractivity (Wildman–Crippen MR) is 79.3 cm³/mol. The molecule has 1 aromatic carbocycles. The number of nitrogens with one attached hydrogen (secondary N) is 1. The van der Waals surface area contributed by atoms with Gasteiger partial charge in [0.1, 0.15) is 12.3 Å². The Balaban J connectivity index is 2.17. The van der Waals surface area contributed by atoms with Crippen LogP contribution >= 0.6 is 0 Å². The van der Waals surface area contributed by atoms with Gasteiger partial charge >= 0.3 is 5.97 Å². The lowest BCUT2D eigenvalue weighted by molar-refractivity contribution is -0.116. The van der Waals surface area contributed by atoms with Crippen molar-refractivity contribution in [2.24, 2.45) is 0 Å². The van der Waals surface area contributed by atoms with Gasteiger partial charge in [0.2, 0.25) is 5.91 Å². The Bertz CT molecular complexity index is 767. The van der Waals surface area contributed by atoms with E-state index in [2.05, 4.69) is 5.32 Å². The summed E-state index contributed by atoms with van der Waals surface area (Å²) in [7, 11) is 1.48. The summed E-state index contributed by atoms with van der Waals surface area (Å²) in [5.41, 5.74) is -0.0534. The number of carboxylic acid groups (broad SMARTS) is 1. The topological polar surface area (TPSA) is 97.6 Å². The second-order valence-electron chi connectivity index (χ2n) is 4.44. The molecule has 1 aromatic heterocycles. The molecule has 7 heteroatoms. The van der Waals surface area contributed by atoms with Crippen molar-refractivity contribution < 1.29 is 19.4 Å². The van der Waals surface area contributed by atoms with Gasteiger partial charge in [0.15, 0.2) is 0 Å². The summed E-state index contributed by atoms with van der Waals surface area (Å²) in [4.78, 5) is 34.6. The van der Waals surface area contributed by atoms with E-state index in [0.717, 1.165) is 16.8 Å². The van der Waals surface area contributed by atoms with E-state index in [4.69, 9.17) is 9.84 Å². The highest BCUT2D eigenvalue weighted by atomic mass is 16.5. The standard InChI is InChI=1S/C15H14N2O5/c1-22-12-5-3-2-4-11(12)16-13(18)9-17-8-10(15(20)21)6-7-14(17)19/h2-8H,9H2,1H3,(H,16,18)(H,20,21). The van der Waals surface area contributed by atoms with Gasteiger partial charge in [0.25, 0.3) is 5.56 Å². The van der Waals surface area contributed by atoms with Crippen molar-refractivity contribution in [3.63, 3.8) is 0 Å². The van der Waals surface area contributed by atoms with Crippen LogP contribution in [0.25, 0.3) is 0 Å². The fourth-order valence-electron chi connectivity index (χ4n) is 1.87. The van der Waals surface area contributed by atoms with Gasteiger partial charge in [-0.3, -0.25) is 9.59 Å². The maximum absolute atomic E-state index is 12.0. The number of benzene rings is 1. The van der Waals surface area contributed by atoms with E-state index in [9.17, 15) is 14.4 Å². The highest BCUT2D eigenvalue weighted by Crippen LogP contribution is 2.22. The molecule has 1 amide bonds. The molecule has 22 heavy (non-hydrogen) atoms. The molecule has 2 N–H and O–H groups in total. The van der Waals surface area contributed by atoms with E-state index in [-0.39, 0.29) is 12.1 Å². The number of pyridine rings is 1. The molecule has 0 radical (unpaired) electrons. The Morgan fingerprint density at radius 2 is 1.95 bits per heavy atom. The number of carbonyl (C=O) groups excluding carboxylic acids is 1. The number of aromatic nitrogens is 1. The van der Waals surface area contributed by atoms with Crippen LogP contribution in [0.5, 0.6) is 5.75 Å². The van der Waals surface area contributed by atoms with Gasteiger partial charge in [-0.15, -0.1) is 0 Å². The lowest BCUT2D eigenvalue weighted by Gasteiger charge is -2.11. The Morgan fingerprint density at radius 1 is 1.23 bits per heavy atom. The van der Waals surface area contributed by atoms with E-state index >= 15 is 0 Å². The van der Waals surface area contributed by atoms with Gasteiger partial charge in [0.05, 0.1) is 18.4 Å². The number of para-hydroxylation sites is 2. The van der Waals surface area contributed by atoms with Crippen molar-refractivity contribution in [3.8, 4) is 5.75 Å². The first-order valence-electron chi connectivity index (χ1n) is 6.38. The maximum atomic E-state index is 12.0. The highest BCUT2D eigenvalue weighted by molar-refractivity contribution is 5.92. The van der Waals surface area contributed by atoms with Gasteiger partial charge in [-0.1, -0.05) is 12.1 Å². The summed E-state index contributed by atoms with van der Waals surface area (Å²) in [6, 6.07) is 9.14. The molecule has 0 aliphatic carbocycles. The molecule has 2 aromatic rings. The first kappa shape index (κ1) is 15.3. The number of ether oxygens (including phenoxy) is 1. The molecule has 0 fully saturated rings. The zero-order valence-electron chi connectivity index (χ0n) is 11.8. The molecular formula is C15H14N2O5. The minimum Gasteiger partial charge on any atom is -0.495 e. The van der Waals surface area contributed by atoms with Crippen molar-refractivity contribution in [1.82, 2.24) is 4.57 Å². The van der Waals surface area contributed by atoms with Crippen molar-refractivity contribution in [1.29, 1.82) is 0 Å². The van der Waals surface area contributed by atoms with Crippen molar-refractivity contribution in [3.05, 3.63) is 58.5 Å². The molecule has 0 saturated heterocycles. The molecule has 2 rings (SSSR count). The van der Waals surface area contributed by atoms with Crippen molar-refractivity contribution in [2.75, 3.05) is 12.4 Å². The predicted octanol–water partition coefficient (Wildman–Crippen LogP) is 1.19. The number of hydrogen-bond acceptors (Lipinski definition) is 4. The number of aromatic carboxylic acids is 1. The molecule has 7 nitrogen and oxygen atoms in total. The third-order valence-corrected chi connectivity index (χ3v) is 2.93. The molecule has 114 valence electrons. The summed E-state index contributed by atoms with van der Waals surface area (Å²) in [6.45, 7) is -0.294. The SMILES string of the molecule is COc1ccccc1NC(=O)Cn1cc(C(=O)O)ccc1=O. The summed E-state index contributed by atoms with van der Waals surface area (Å²) in [6.07, 6.45) is 1.13. The summed E-state index contributed by atoms with van der Waals surface area (Å²) >= 11 is 0. The second kappa shape index (κ2) is 6.57. The molecule has 0 aliphatic heterocycles. The number of anilines is 1. The molecule has 0 atom stereocenters. The quantitative estimate of drug-likeness (QED) is 0.864. The Morgan fingerprint density at radius 3 is 2.64 bits per heavy atom. The average molecular weight is 302 g/mol. The van der Waals surface area contributed by atoms with Crippen LogP contribution in [0.2, 0.25) is 0 Å². The van der Waals surface area contributed by atoms with Gasteiger partial charge in [-0.05, 0) is 18.2 Å². The third kappa shape index (κ3) is 3.51. The highest BCUT2D eigenvalue weighted by Gasteiger charge is 2.10. The number of methoxy groups -OCH3 is 1. The first-order chi connectivity index (χ1) is 10.5. The molecule has 1 heterocycles. The number of carbonyl (C=O) groups is 2. The van der Waals surface area contributed by atoms with Crippen LogP contribution < -0.4 is 15.6 Å². The Kier molecular flexibility index (Phi) is 4.57. The first-order valence-corrected chi connectivity index (χ1v) is 6.38. The fourth-order valence-corrected chi connectivity index (χ4v) is 1.87. The van der Waals surface area contributed by atoms with Crippen LogP contribution in [0.4, 0.5) is 5.69 Å². The monoisotopic (exact) mass is 302 g/mol. The normalized spacial score (nSPS) is 10.0. The van der Waals surface area contributed by atoms with E-state index in [1.807, 2.05) is 0 Å². The van der Waals surface area contributed by atoms with E-state index in [0.29, 0.717) is 11.4 Å². The van der Waals surface area contributed by atoms with Crippen LogP contribution in [0, 0.1) is 0 Å². The van der Waals surface area contributed by atoms with Crippen LogP contribution in [0.1, 0.15) is 10.4 Å². The van der Waals surface area contributed by atoms with E-state index in [1.54, 1.807) is 24.3 Å². The summed E-state index contributed by atoms with van der Waals surface area (Å²) in [5.74, 6) is -1.14. The average Bonchev–Trinajstić information content (AvgIpc) is 2.49. The number of nitrogens with zero attached hydrogens (tertiary/aromatic N) is 1. The molecule has 0 unspecified atom stereocenters. The summed E-state index contributed by atoms with van der Waals surface area (Å²) < 4.78 is 6.15. The van der Waals surface area contributed by atoms with Crippen molar-refractivity contribution in [2.45, 2.75) is 6.54 Å². The molecule has 0 spiro atoms. The largest absolute Gasteiger partial charge is 0.495 e. The number of rotatable bonds is 5. The third-order valence-electron chi connectivity index (χ3n) is 2.93. The molecule has 0 saturated carbocycles.